The summed E-state index contributed by atoms with van der Waals surface area (Å²) in [6.45, 7) is 14.0. The van der Waals surface area contributed by atoms with Crippen molar-refractivity contribution >= 4 is 0 Å². The van der Waals surface area contributed by atoms with Crippen LogP contribution in [-0.4, -0.2) is 79.6 Å². The van der Waals surface area contributed by atoms with Crippen LogP contribution in [0.3, 0.4) is 0 Å². The van der Waals surface area contributed by atoms with Gasteiger partial charge >= 0.3 is 0 Å². The highest BCUT2D eigenvalue weighted by atomic mass is 15.3. The van der Waals surface area contributed by atoms with Crippen LogP contribution in [0.1, 0.15) is 33.1 Å². The Hall–Kier alpha value is -0.160. The lowest BCUT2D eigenvalue weighted by atomic mass is 9.87. The zero-order valence-electron chi connectivity index (χ0n) is 13.8. The number of hydrogen-bond acceptors (Lipinski definition) is 4. The molecule has 0 saturated carbocycles. The predicted octanol–water partition coefficient (Wildman–Crippen LogP) is 1.07. The van der Waals surface area contributed by atoms with Crippen molar-refractivity contribution < 1.29 is 0 Å². The second-order valence-corrected chi connectivity index (χ2v) is 7.27. The van der Waals surface area contributed by atoms with Gasteiger partial charge in [0.1, 0.15) is 0 Å². The molecule has 4 nitrogen and oxygen atoms in total. The van der Waals surface area contributed by atoms with Gasteiger partial charge in [-0.25, -0.2) is 0 Å². The summed E-state index contributed by atoms with van der Waals surface area (Å²) in [5, 5.41) is 0. The number of hydrogen-bond donors (Lipinski definition) is 1. The van der Waals surface area contributed by atoms with Crippen molar-refractivity contribution in [1.29, 1.82) is 0 Å². The number of nitrogens with two attached hydrogens (primary N) is 1. The molecule has 118 valence electrons. The minimum Gasteiger partial charge on any atom is -0.329 e. The SMILES string of the molecule is CC(C)CN1CCN(C2(CN)CCCN(C)CC2)CC1. The van der Waals surface area contributed by atoms with Gasteiger partial charge in [-0.1, -0.05) is 13.8 Å². The third kappa shape index (κ3) is 3.94. The first-order chi connectivity index (χ1) is 9.55. The first kappa shape index (κ1) is 16.2. The third-order valence-electron chi connectivity index (χ3n) is 5.19. The molecular formula is C16H34N4. The molecule has 1 atom stereocenters. The van der Waals surface area contributed by atoms with Gasteiger partial charge < -0.3 is 15.5 Å². The quantitative estimate of drug-likeness (QED) is 0.837. The summed E-state index contributed by atoms with van der Waals surface area (Å²) >= 11 is 0. The fourth-order valence-electron chi connectivity index (χ4n) is 3.88. The van der Waals surface area contributed by atoms with Crippen molar-refractivity contribution in [2.75, 3.05) is 59.4 Å². The molecule has 2 rings (SSSR count). The summed E-state index contributed by atoms with van der Waals surface area (Å²) in [6, 6.07) is 0. The average Bonchev–Trinajstić information content (AvgIpc) is 2.62. The Morgan fingerprint density at radius 2 is 1.70 bits per heavy atom. The van der Waals surface area contributed by atoms with Crippen LogP contribution < -0.4 is 5.73 Å². The summed E-state index contributed by atoms with van der Waals surface area (Å²) in [5.74, 6) is 0.775. The van der Waals surface area contributed by atoms with E-state index in [9.17, 15) is 0 Å². The number of nitrogens with zero attached hydrogens (tertiary/aromatic N) is 3. The molecule has 0 aliphatic carbocycles. The molecule has 0 aromatic heterocycles. The first-order valence-electron chi connectivity index (χ1n) is 8.42. The average molecular weight is 282 g/mol. The third-order valence-corrected chi connectivity index (χ3v) is 5.19. The molecule has 0 aromatic rings. The smallest absolute Gasteiger partial charge is 0.0345 e. The molecule has 2 saturated heterocycles. The van der Waals surface area contributed by atoms with Gasteiger partial charge in [-0.05, 0) is 45.3 Å². The van der Waals surface area contributed by atoms with Crippen LogP contribution >= 0.6 is 0 Å². The molecule has 2 aliphatic heterocycles. The van der Waals surface area contributed by atoms with Crippen molar-refractivity contribution in [2.24, 2.45) is 11.7 Å². The molecule has 2 heterocycles. The van der Waals surface area contributed by atoms with E-state index in [2.05, 4.69) is 35.6 Å². The van der Waals surface area contributed by atoms with Gasteiger partial charge in [0.15, 0.2) is 0 Å². The molecule has 0 amide bonds. The fraction of sp³-hybridized carbons (Fsp3) is 1.00. The Bertz CT molecular complexity index is 286. The second kappa shape index (κ2) is 7.21. The lowest BCUT2D eigenvalue weighted by Gasteiger charge is -2.47. The highest BCUT2D eigenvalue weighted by Gasteiger charge is 2.37. The van der Waals surface area contributed by atoms with Crippen molar-refractivity contribution in [3.05, 3.63) is 0 Å². The van der Waals surface area contributed by atoms with Crippen LogP contribution in [0.2, 0.25) is 0 Å². The number of likely N-dealkylation sites (tertiary alicyclic amines) is 1. The molecule has 20 heavy (non-hydrogen) atoms. The van der Waals surface area contributed by atoms with Crippen molar-refractivity contribution in [2.45, 2.75) is 38.6 Å². The molecule has 2 fully saturated rings. The van der Waals surface area contributed by atoms with Gasteiger partial charge in [-0.3, -0.25) is 4.90 Å². The lowest BCUT2D eigenvalue weighted by molar-refractivity contribution is 0.0238. The van der Waals surface area contributed by atoms with Gasteiger partial charge in [0, 0.05) is 44.8 Å². The van der Waals surface area contributed by atoms with E-state index in [1.165, 1.54) is 65.1 Å². The summed E-state index contributed by atoms with van der Waals surface area (Å²) in [6.07, 6.45) is 3.81. The van der Waals surface area contributed by atoms with Gasteiger partial charge in [0.25, 0.3) is 0 Å². The van der Waals surface area contributed by atoms with Gasteiger partial charge in [-0.2, -0.15) is 0 Å². The Kier molecular flexibility index (Phi) is 5.84. The minimum atomic E-state index is 0.273. The monoisotopic (exact) mass is 282 g/mol. The van der Waals surface area contributed by atoms with E-state index in [0.29, 0.717) is 0 Å². The van der Waals surface area contributed by atoms with Crippen LogP contribution in [0.25, 0.3) is 0 Å². The molecule has 0 aromatic carbocycles. The molecule has 2 N–H and O–H groups in total. The number of rotatable bonds is 4. The maximum Gasteiger partial charge on any atom is 0.0345 e. The number of piperazine rings is 1. The standard InChI is InChI=1S/C16H34N4/c1-15(2)13-19-9-11-20(12-10-19)16(14-17)5-4-7-18(3)8-6-16/h15H,4-14,17H2,1-3H3. The molecule has 1 unspecified atom stereocenters. The Morgan fingerprint density at radius 3 is 2.30 bits per heavy atom. The van der Waals surface area contributed by atoms with Crippen LogP contribution in [0.5, 0.6) is 0 Å². The van der Waals surface area contributed by atoms with Crippen molar-refractivity contribution in [3.63, 3.8) is 0 Å². The van der Waals surface area contributed by atoms with Crippen molar-refractivity contribution in [3.8, 4) is 0 Å². The van der Waals surface area contributed by atoms with E-state index in [0.717, 1.165) is 12.5 Å². The van der Waals surface area contributed by atoms with Gasteiger partial charge in [0.2, 0.25) is 0 Å². The topological polar surface area (TPSA) is 35.7 Å². The summed E-state index contributed by atoms with van der Waals surface area (Å²) in [7, 11) is 2.24. The van der Waals surface area contributed by atoms with E-state index in [4.69, 9.17) is 5.73 Å². The largest absolute Gasteiger partial charge is 0.329 e. The summed E-state index contributed by atoms with van der Waals surface area (Å²) < 4.78 is 0. The minimum absolute atomic E-state index is 0.273. The fourth-order valence-corrected chi connectivity index (χ4v) is 3.88. The molecule has 0 bridgehead atoms. The molecular weight excluding hydrogens is 248 g/mol. The maximum absolute atomic E-state index is 6.23. The zero-order valence-corrected chi connectivity index (χ0v) is 13.8. The first-order valence-corrected chi connectivity index (χ1v) is 8.42. The summed E-state index contributed by atoms with van der Waals surface area (Å²) in [5.41, 5.74) is 6.50. The highest BCUT2D eigenvalue weighted by molar-refractivity contribution is 4.96. The van der Waals surface area contributed by atoms with E-state index in [1.807, 2.05) is 0 Å². The summed E-state index contributed by atoms with van der Waals surface area (Å²) in [4.78, 5) is 7.80. The van der Waals surface area contributed by atoms with Gasteiger partial charge in [-0.15, -0.1) is 0 Å². The normalized spacial score (nSPS) is 31.6. The lowest BCUT2D eigenvalue weighted by Crippen LogP contribution is -2.60. The molecule has 0 spiro atoms. The molecule has 2 aliphatic rings. The van der Waals surface area contributed by atoms with E-state index < -0.39 is 0 Å². The van der Waals surface area contributed by atoms with Crippen LogP contribution in [0.4, 0.5) is 0 Å². The second-order valence-electron chi connectivity index (χ2n) is 7.27. The Balaban J connectivity index is 1.92. The van der Waals surface area contributed by atoms with E-state index >= 15 is 0 Å². The van der Waals surface area contributed by atoms with E-state index in [1.54, 1.807) is 0 Å². The van der Waals surface area contributed by atoms with Crippen LogP contribution in [-0.2, 0) is 0 Å². The Labute approximate surface area is 125 Å². The maximum atomic E-state index is 6.23. The zero-order chi connectivity index (χ0) is 14.6. The highest BCUT2D eigenvalue weighted by Crippen LogP contribution is 2.29. The van der Waals surface area contributed by atoms with Crippen molar-refractivity contribution in [1.82, 2.24) is 14.7 Å². The molecule has 0 radical (unpaired) electrons. The van der Waals surface area contributed by atoms with Gasteiger partial charge in [0.05, 0.1) is 0 Å². The van der Waals surface area contributed by atoms with Crippen LogP contribution in [0, 0.1) is 5.92 Å². The molecule has 4 heteroatoms. The Morgan fingerprint density at radius 1 is 1.00 bits per heavy atom. The predicted molar refractivity (Wildman–Crippen MR) is 86.0 cm³/mol. The van der Waals surface area contributed by atoms with Crippen LogP contribution in [0.15, 0.2) is 0 Å². The van der Waals surface area contributed by atoms with E-state index in [-0.39, 0.29) is 5.54 Å².